The van der Waals surface area contributed by atoms with Gasteiger partial charge in [0.25, 0.3) is 0 Å². The molecule has 0 aliphatic rings. The first kappa shape index (κ1) is 16.9. The molecular formula is C19H29NO2. The van der Waals surface area contributed by atoms with Crippen LogP contribution in [-0.4, -0.2) is 25.1 Å². The molecule has 0 saturated carbocycles. The summed E-state index contributed by atoms with van der Waals surface area (Å²) in [5, 5.41) is 1.18. The Kier molecular flexibility index (Phi) is 6.32. The predicted octanol–water partition coefficient (Wildman–Crippen LogP) is 5.15. The summed E-state index contributed by atoms with van der Waals surface area (Å²) in [5.41, 5.74) is 3.34. The number of rotatable bonds is 9. The molecule has 3 nitrogen and oxygen atoms in total. The highest BCUT2D eigenvalue weighted by atomic mass is 16.5. The van der Waals surface area contributed by atoms with Gasteiger partial charge in [-0.2, -0.15) is 0 Å². The smallest absolute Gasteiger partial charge is 0.134 e. The number of furan rings is 1. The Balaban J connectivity index is 2.20. The van der Waals surface area contributed by atoms with E-state index in [1.165, 1.54) is 36.6 Å². The molecule has 0 aliphatic heterocycles. The average molecular weight is 303 g/mol. The fourth-order valence-corrected chi connectivity index (χ4v) is 2.82. The van der Waals surface area contributed by atoms with Gasteiger partial charge in [0.2, 0.25) is 0 Å². The van der Waals surface area contributed by atoms with Crippen molar-refractivity contribution in [1.29, 1.82) is 0 Å². The van der Waals surface area contributed by atoms with E-state index in [2.05, 4.69) is 37.8 Å². The second kappa shape index (κ2) is 8.23. The van der Waals surface area contributed by atoms with Crippen molar-refractivity contribution in [2.75, 3.05) is 20.2 Å². The molecule has 2 aromatic rings. The second-order valence-electron chi connectivity index (χ2n) is 6.06. The number of ether oxygens (including phenoxy) is 1. The first-order valence-corrected chi connectivity index (χ1v) is 8.46. The summed E-state index contributed by atoms with van der Waals surface area (Å²) in [6.45, 7) is 9.82. The van der Waals surface area contributed by atoms with E-state index >= 15 is 0 Å². The number of unbranched alkanes of at least 4 members (excludes halogenated alkanes) is 2. The minimum Gasteiger partial charge on any atom is -0.496 e. The molecule has 122 valence electrons. The van der Waals surface area contributed by atoms with E-state index in [-0.39, 0.29) is 0 Å². The Labute approximate surface area is 134 Å². The molecule has 0 bridgehead atoms. The number of benzene rings is 1. The summed E-state index contributed by atoms with van der Waals surface area (Å²) in [5.74, 6) is 0.934. The molecule has 2 rings (SSSR count). The third kappa shape index (κ3) is 4.04. The number of aryl methyl sites for hydroxylation is 1. The van der Waals surface area contributed by atoms with Crippen molar-refractivity contribution in [3.05, 3.63) is 29.5 Å². The van der Waals surface area contributed by atoms with Gasteiger partial charge in [-0.3, -0.25) is 4.90 Å². The van der Waals surface area contributed by atoms with E-state index in [9.17, 15) is 0 Å². The van der Waals surface area contributed by atoms with Crippen molar-refractivity contribution >= 4 is 11.0 Å². The molecule has 0 amide bonds. The lowest BCUT2D eigenvalue weighted by Gasteiger charge is -2.21. The monoisotopic (exact) mass is 303 g/mol. The van der Waals surface area contributed by atoms with E-state index in [1.54, 1.807) is 7.11 Å². The van der Waals surface area contributed by atoms with E-state index < -0.39 is 0 Å². The lowest BCUT2D eigenvalue weighted by atomic mass is 10.1. The zero-order chi connectivity index (χ0) is 15.9. The molecule has 0 saturated heterocycles. The van der Waals surface area contributed by atoms with Gasteiger partial charge < -0.3 is 9.15 Å². The fourth-order valence-electron chi connectivity index (χ4n) is 2.82. The number of hydrogen-bond donors (Lipinski definition) is 0. The van der Waals surface area contributed by atoms with Crippen LogP contribution in [0.15, 0.2) is 22.8 Å². The quantitative estimate of drug-likeness (QED) is 0.640. The molecule has 3 heteroatoms. The SMILES string of the molecule is CCCCN(CCCC)Cc1coc2cc(C)c(OC)cc12. The Morgan fingerprint density at radius 1 is 1.09 bits per heavy atom. The van der Waals surface area contributed by atoms with Gasteiger partial charge in [0.15, 0.2) is 0 Å². The average Bonchev–Trinajstić information content (AvgIpc) is 2.90. The highest BCUT2D eigenvalue weighted by Crippen LogP contribution is 2.29. The van der Waals surface area contributed by atoms with Crippen molar-refractivity contribution in [2.24, 2.45) is 0 Å². The van der Waals surface area contributed by atoms with Crippen molar-refractivity contribution in [3.63, 3.8) is 0 Å². The normalized spacial score (nSPS) is 11.5. The van der Waals surface area contributed by atoms with Gasteiger partial charge >= 0.3 is 0 Å². The standard InChI is InChI=1S/C19H29NO2/c1-5-7-9-20(10-8-6-2)13-16-14-22-19-11-15(3)18(21-4)12-17(16)19/h11-12,14H,5-10,13H2,1-4H3. The Morgan fingerprint density at radius 3 is 2.36 bits per heavy atom. The summed E-state index contributed by atoms with van der Waals surface area (Å²) in [6.07, 6.45) is 6.89. The first-order chi connectivity index (χ1) is 10.7. The third-order valence-corrected chi connectivity index (χ3v) is 4.22. The van der Waals surface area contributed by atoms with Crippen LogP contribution in [0, 0.1) is 6.92 Å². The maximum absolute atomic E-state index is 5.76. The molecule has 0 unspecified atom stereocenters. The molecule has 1 aromatic heterocycles. The van der Waals surface area contributed by atoms with Crippen LogP contribution in [0.4, 0.5) is 0 Å². The highest BCUT2D eigenvalue weighted by molar-refractivity contribution is 5.83. The van der Waals surface area contributed by atoms with E-state index in [4.69, 9.17) is 9.15 Å². The van der Waals surface area contributed by atoms with Crippen molar-refractivity contribution in [3.8, 4) is 5.75 Å². The first-order valence-electron chi connectivity index (χ1n) is 8.46. The molecule has 0 atom stereocenters. The maximum atomic E-state index is 5.76. The van der Waals surface area contributed by atoms with Crippen LogP contribution in [0.1, 0.15) is 50.7 Å². The van der Waals surface area contributed by atoms with Crippen LogP contribution in [0.5, 0.6) is 5.75 Å². The largest absolute Gasteiger partial charge is 0.496 e. The van der Waals surface area contributed by atoms with Gasteiger partial charge in [-0.25, -0.2) is 0 Å². The number of hydrogen-bond acceptors (Lipinski definition) is 3. The Bertz CT molecular complexity index is 580. The van der Waals surface area contributed by atoms with Crippen LogP contribution in [-0.2, 0) is 6.54 Å². The van der Waals surface area contributed by atoms with Crippen LogP contribution >= 0.6 is 0 Å². The summed E-state index contributed by atoms with van der Waals surface area (Å²) >= 11 is 0. The maximum Gasteiger partial charge on any atom is 0.134 e. The minimum atomic E-state index is 0.934. The zero-order valence-electron chi connectivity index (χ0n) is 14.4. The van der Waals surface area contributed by atoms with Gasteiger partial charge in [-0.1, -0.05) is 26.7 Å². The van der Waals surface area contributed by atoms with Gasteiger partial charge in [0.1, 0.15) is 11.3 Å². The van der Waals surface area contributed by atoms with Crippen LogP contribution in [0.2, 0.25) is 0 Å². The summed E-state index contributed by atoms with van der Waals surface area (Å²) in [6, 6.07) is 4.18. The van der Waals surface area contributed by atoms with Gasteiger partial charge in [0.05, 0.1) is 13.4 Å². The predicted molar refractivity (Wildman–Crippen MR) is 92.6 cm³/mol. The molecule has 0 aliphatic carbocycles. The third-order valence-electron chi connectivity index (χ3n) is 4.22. The summed E-state index contributed by atoms with van der Waals surface area (Å²) < 4.78 is 11.2. The number of nitrogens with zero attached hydrogens (tertiary/aromatic N) is 1. The molecular weight excluding hydrogens is 274 g/mol. The van der Waals surface area contributed by atoms with Crippen LogP contribution < -0.4 is 4.74 Å². The Hall–Kier alpha value is -1.48. The lowest BCUT2D eigenvalue weighted by Crippen LogP contribution is -2.25. The second-order valence-corrected chi connectivity index (χ2v) is 6.06. The van der Waals surface area contributed by atoms with Crippen molar-refractivity contribution in [2.45, 2.75) is 53.0 Å². The molecule has 22 heavy (non-hydrogen) atoms. The molecule has 1 aromatic carbocycles. The lowest BCUT2D eigenvalue weighted by molar-refractivity contribution is 0.257. The van der Waals surface area contributed by atoms with Gasteiger partial charge in [-0.05, 0) is 50.6 Å². The van der Waals surface area contributed by atoms with E-state index in [1.807, 2.05) is 6.26 Å². The summed E-state index contributed by atoms with van der Waals surface area (Å²) in [7, 11) is 1.72. The van der Waals surface area contributed by atoms with Crippen molar-refractivity contribution < 1.29 is 9.15 Å². The van der Waals surface area contributed by atoms with Gasteiger partial charge in [-0.15, -0.1) is 0 Å². The van der Waals surface area contributed by atoms with Crippen LogP contribution in [0.25, 0.3) is 11.0 Å². The molecule has 0 spiro atoms. The topological polar surface area (TPSA) is 25.6 Å². The van der Waals surface area contributed by atoms with Crippen LogP contribution in [0.3, 0.4) is 0 Å². The molecule has 1 heterocycles. The summed E-state index contributed by atoms with van der Waals surface area (Å²) in [4.78, 5) is 2.55. The van der Waals surface area contributed by atoms with E-state index in [0.29, 0.717) is 0 Å². The van der Waals surface area contributed by atoms with Crippen molar-refractivity contribution in [1.82, 2.24) is 4.90 Å². The molecule has 0 N–H and O–H groups in total. The minimum absolute atomic E-state index is 0.934. The Morgan fingerprint density at radius 2 is 1.77 bits per heavy atom. The fraction of sp³-hybridized carbons (Fsp3) is 0.579. The molecule has 0 radical (unpaired) electrons. The number of fused-ring (bicyclic) bond motifs is 1. The van der Waals surface area contributed by atoms with E-state index in [0.717, 1.165) is 36.5 Å². The zero-order valence-corrected chi connectivity index (χ0v) is 14.4. The van der Waals surface area contributed by atoms with Gasteiger partial charge in [0, 0.05) is 17.5 Å². The number of methoxy groups -OCH3 is 1. The molecule has 0 fully saturated rings. The highest BCUT2D eigenvalue weighted by Gasteiger charge is 2.13.